The lowest BCUT2D eigenvalue weighted by Crippen LogP contribution is -2.50. The molecule has 0 bridgehead atoms. The number of ketones is 3. The van der Waals surface area contributed by atoms with Crippen LogP contribution in [0.4, 0.5) is 0 Å². The van der Waals surface area contributed by atoms with Crippen molar-refractivity contribution in [3.63, 3.8) is 0 Å². The van der Waals surface area contributed by atoms with E-state index in [0.717, 1.165) is 0 Å². The van der Waals surface area contributed by atoms with Gasteiger partial charge in [0, 0.05) is 44.2 Å². The van der Waals surface area contributed by atoms with Crippen LogP contribution >= 0.6 is 11.8 Å². The van der Waals surface area contributed by atoms with Crippen molar-refractivity contribution in [3.05, 3.63) is 0 Å². The number of nitrogens with one attached hydrogen (secondary N) is 3. The smallest absolute Gasteiger partial charge is 0.307 e. The van der Waals surface area contributed by atoms with Gasteiger partial charge in [0.25, 0.3) is 0 Å². The van der Waals surface area contributed by atoms with Crippen LogP contribution in [0.3, 0.4) is 0 Å². The Morgan fingerprint density at radius 1 is 0.600 bits per heavy atom. The molecule has 8 atom stereocenters. The van der Waals surface area contributed by atoms with Crippen LogP contribution in [-0.4, -0.2) is 124 Å². The molecule has 0 heterocycles. The molecule has 21 heteroatoms. The molecular formula is C39H69N9O11S. The molecule has 60 heavy (non-hydrogen) atoms. The van der Waals surface area contributed by atoms with Crippen LogP contribution in [0.25, 0.3) is 0 Å². The van der Waals surface area contributed by atoms with Crippen LogP contribution in [0.5, 0.6) is 0 Å². The summed E-state index contributed by atoms with van der Waals surface area (Å²) in [5.74, 6) is -11.4. The number of aliphatic hydroxyl groups is 1. The third-order valence-corrected chi connectivity index (χ3v) is 10.6. The zero-order valence-corrected chi connectivity index (χ0v) is 36.8. The van der Waals surface area contributed by atoms with Crippen molar-refractivity contribution in [2.45, 2.75) is 124 Å². The Kier molecular flexibility index (Phi) is 26.4. The number of thioether (sulfide) groups is 1. The molecule has 0 aromatic rings. The van der Waals surface area contributed by atoms with Gasteiger partial charge in [0.15, 0.2) is 29.3 Å². The SMILES string of the molecule is CSCCC(CC(=O)C(CCCN=C(N)N)NC(=O)C(CC(=O)C(NC(=O)C(C)CCCN=C(N)N)C(C)C)C(C)O)C(=O)NC(CC(=O)O)C(=O)CC(C(=O)O)C(C)C. The molecule has 3 amide bonds. The van der Waals surface area contributed by atoms with E-state index in [2.05, 4.69) is 25.9 Å². The molecule has 20 nitrogen and oxygen atoms in total. The molecule has 0 fully saturated rings. The van der Waals surface area contributed by atoms with E-state index in [-0.39, 0.29) is 43.6 Å². The number of carboxylic acids is 2. The number of carbonyl (C=O) groups is 8. The summed E-state index contributed by atoms with van der Waals surface area (Å²) < 4.78 is 0. The Morgan fingerprint density at radius 3 is 1.58 bits per heavy atom. The van der Waals surface area contributed by atoms with Gasteiger partial charge in [-0.15, -0.1) is 0 Å². The summed E-state index contributed by atoms with van der Waals surface area (Å²) in [7, 11) is 0. The van der Waals surface area contributed by atoms with Gasteiger partial charge in [-0.05, 0) is 62.9 Å². The third-order valence-electron chi connectivity index (χ3n) is 9.95. The first-order valence-electron chi connectivity index (χ1n) is 20.1. The van der Waals surface area contributed by atoms with E-state index in [9.17, 15) is 53.7 Å². The number of nitrogens with zero attached hydrogens (tertiary/aromatic N) is 2. The molecule has 0 spiro atoms. The molecule has 0 aromatic heterocycles. The quantitative estimate of drug-likeness (QED) is 0.0240. The Morgan fingerprint density at radius 2 is 1.12 bits per heavy atom. The molecule has 0 aromatic carbocycles. The van der Waals surface area contributed by atoms with Crippen molar-refractivity contribution >= 4 is 70.7 Å². The maximum Gasteiger partial charge on any atom is 0.307 e. The third kappa shape index (κ3) is 22.0. The highest BCUT2D eigenvalue weighted by atomic mass is 32.2. The zero-order chi connectivity index (χ0) is 46.3. The van der Waals surface area contributed by atoms with E-state index in [1.807, 2.05) is 0 Å². The van der Waals surface area contributed by atoms with Gasteiger partial charge in [0.05, 0.1) is 42.5 Å². The summed E-state index contributed by atoms with van der Waals surface area (Å²) >= 11 is 1.37. The van der Waals surface area contributed by atoms with Gasteiger partial charge < -0.3 is 54.2 Å². The predicted octanol–water partition coefficient (Wildman–Crippen LogP) is -0.0845. The molecule has 0 saturated heterocycles. The summed E-state index contributed by atoms with van der Waals surface area (Å²) in [5, 5.41) is 37.6. The second kappa shape index (κ2) is 28.6. The van der Waals surface area contributed by atoms with Crippen molar-refractivity contribution < 1.29 is 53.7 Å². The van der Waals surface area contributed by atoms with Crippen LogP contribution < -0.4 is 38.9 Å². The number of Topliss-reactive ketones (excluding diaryl/α,β-unsaturated/α-hetero) is 3. The van der Waals surface area contributed by atoms with Gasteiger partial charge >= 0.3 is 11.9 Å². The summed E-state index contributed by atoms with van der Waals surface area (Å²) in [6.45, 7) is 10.0. The van der Waals surface area contributed by atoms with Crippen molar-refractivity contribution in [1.29, 1.82) is 0 Å². The number of aliphatic imine (C=N–C) groups is 2. The lowest BCUT2D eigenvalue weighted by Gasteiger charge is -2.28. The minimum Gasteiger partial charge on any atom is -0.481 e. The summed E-state index contributed by atoms with van der Waals surface area (Å²) in [4.78, 5) is 113. The van der Waals surface area contributed by atoms with Crippen LogP contribution in [0.1, 0.15) is 99.3 Å². The maximum atomic E-state index is 14.0. The lowest BCUT2D eigenvalue weighted by atomic mass is 9.87. The number of aliphatic hydroxyl groups excluding tert-OH is 1. The van der Waals surface area contributed by atoms with Gasteiger partial charge in [-0.25, -0.2) is 0 Å². The molecule has 342 valence electrons. The average molecular weight is 872 g/mol. The Balaban J connectivity index is 6.36. The van der Waals surface area contributed by atoms with Crippen LogP contribution in [0.15, 0.2) is 9.98 Å². The molecule has 0 radical (unpaired) electrons. The predicted molar refractivity (Wildman–Crippen MR) is 228 cm³/mol. The topological polar surface area (TPSA) is 362 Å². The van der Waals surface area contributed by atoms with Gasteiger partial charge in [-0.1, -0.05) is 34.6 Å². The first-order chi connectivity index (χ1) is 27.9. The van der Waals surface area contributed by atoms with Crippen LogP contribution in [0, 0.1) is 35.5 Å². The molecule has 8 unspecified atom stereocenters. The molecule has 0 aliphatic rings. The van der Waals surface area contributed by atoms with E-state index in [0.29, 0.717) is 25.1 Å². The van der Waals surface area contributed by atoms with Crippen molar-refractivity contribution in [1.82, 2.24) is 16.0 Å². The van der Waals surface area contributed by atoms with E-state index in [1.54, 1.807) is 40.9 Å². The molecule has 0 aliphatic heterocycles. The zero-order valence-electron chi connectivity index (χ0n) is 36.0. The normalized spacial score (nSPS) is 15.2. The highest BCUT2D eigenvalue weighted by Crippen LogP contribution is 2.21. The van der Waals surface area contributed by atoms with Gasteiger partial charge in [-0.3, -0.25) is 48.3 Å². The largest absolute Gasteiger partial charge is 0.481 e. The second-order valence-electron chi connectivity index (χ2n) is 15.8. The molecule has 14 N–H and O–H groups in total. The number of carbonyl (C=O) groups excluding carboxylic acids is 6. The fraction of sp³-hybridized carbons (Fsp3) is 0.744. The molecule has 0 aliphatic carbocycles. The number of rotatable bonds is 32. The summed E-state index contributed by atoms with van der Waals surface area (Å²) in [5.41, 5.74) is 21.6. The summed E-state index contributed by atoms with van der Waals surface area (Å²) in [6, 6.07) is -3.83. The maximum absolute atomic E-state index is 14.0. The summed E-state index contributed by atoms with van der Waals surface area (Å²) in [6.07, 6.45) is -0.648. The average Bonchev–Trinajstić information content (AvgIpc) is 3.14. The van der Waals surface area contributed by atoms with E-state index in [1.165, 1.54) is 18.7 Å². The number of guanidine groups is 2. The van der Waals surface area contributed by atoms with Crippen molar-refractivity contribution in [2.75, 3.05) is 25.1 Å². The highest BCUT2D eigenvalue weighted by Gasteiger charge is 2.36. The monoisotopic (exact) mass is 871 g/mol. The van der Waals surface area contributed by atoms with Crippen LogP contribution in [0.2, 0.25) is 0 Å². The van der Waals surface area contributed by atoms with Gasteiger partial charge in [-0.2, -0.15) is 11.8 Å². The van der Waals surface area contributed by atoms with E-state index >= 15 is 0 Å². The first-order valence-corrected chi connectivity index (χ1v) is 21.5. The molecule has 0 saturated carbocycles. The van der Waals surface area contributed by atoms with Crippen molar-refractivity contribution in [3.8, 4) is 0 Å². The molecular weight excluding hydrogens is 803 g/mol. The number of amides is 3. The fourth-order valence-corrected chi connectivity index (χ4v) is 6.74. The van der Waals surface area contributed by atoms with Crippen LogP contribution in [-0.2, 0) is 38.4 Å². The molecule has 0 rings (SSSR count). The van der Waals surface area contributed by atoms with E-state index in [4.69, 9.17) is 22.9 Å². The van der Waals surface area contributed by atoms with Gasteiger partial charge in [0.2, 0.25) is 17.7 Å². The Labute approximate surface area is 356 Å². The van der Waals surface area contributed by atoms with Gasteiger partial charge in [0.1, 0.15) is 0 Å². The first kappa shape index (κ1) is 55.2. The number of aliphatic carboxylic acids is 2. The van der Waals surface area contributed by atoms with E-state index < -0.39 is 127 Å². The number of nitrogens with two attached hydrogens (primary N) is 4. The number of carboxylic acid groups (broad SMARTS) is 2. The standard InChI is InChI=1S/C39H69N9O11S/c1-20(2)25(37(58)59)17-30(51)28(19-32(53)54)47-35(56)24(12-15-60-7)16-29(50)27(11-9-14-45-39(42)43)46-36(57)26(23(6)49)18-31(52)33(21(3)4)48-34(55)22(5)10-8-13-44-38(40)41/h20-28,33,49H,8-19H2,1-7H3,(H,46,57)(H,47,56)(H,48,55)(H,53,54)(H,58,59)(H4,40,41,44)(H4,42,43,45). The Hall–Kier alpha value is -4.79. The minimum absolute atomic E-state index is 0.0175. The fourth-order valence-electron chi connectivity index (χ4n) is 6.22. The minimum atomic E-state index is -1.57. The van der Waals surface area contributed by atoms with Crippen molar-refractivity contribution in [2.24, 2.45) is 68.4 Å². The number of hydrogen-bond donors (Lipinski definition) is 10. The Bertz CT molecular complexity index is 1520. The second-order valence-corrected chi connectivity index (χ2v) is 16.8. The highest BCUT2D eigenvalue weighted by molar-refractivity contribution is 7.98. The number of hydrogen-bond acceptors (Lipinski definition) is 12. The lowest BCUT2D eigenvalue weighted by molar-refractivity contribution is -0.146.